The van der Waals surface area contributed by atoms with Crippen LogP contribution in [0.25, 0.3) is 0 Å². The van der Waals surface area contributed by atoms with Gasteiger partial charge in [0.2, 0.25) is 0 Å². The summed E-state index contributed by atoms with van der Waals surface area (Å²) in [6.07, 6.45) is 5.51. The predicted octanol–water partition coefficient (Wildman–Crippen LogP) is 3.09. The molecular weight excluding hydrogens is 198 g/mol. The van der Waals surface area contributed by atoms with E-state index in [4.69, 9.17) is 4.74 Å². The van der Waals surface area contributed by atoms with E-state index in [0.717, 1.165) is 5.75 Å². The molecule has 1 heterocycles. The highest BCUT2D eigenvalue weighted by Crippen LogP contribution is 2.16. The highest BCUT2D eigenvalue weighted by atomic mass is 16.5. The van der Waals surface area contributed by atoms with Crippen molar-refractivity contribution in [1.82, 2.24) is 4.90 Å². The Morgan fingerprint density at radius 1 is 1.12 bits per heavy atom. The Morgan fingerprint density at radius 3 is 2.38 bits per heavy atom. The molecule has 0 amide bonds. The highest BCUT2D eigenvalue weighted by Gasteiger charge is 2.16. The van der Waals surface area contributed by atoms with Crippen molar-refractivity contribution in [3.63, 3.8) is 0 Å². The number of hydrogen-bond donors (Lipinski definition) is 0. The maximum atomic E-state index is 5.92. The lowest BCUT2D eigenvalue weighted by molar-refractivity contribution is 0.0424. The van der Waals surface area contributed by atoms with Crippen molar-refractivity contribution in [3.05, 3.63) is 30.3 Å². The SMILES string of the molecule is C[C@@H](Oc1cc[c]cc1)N1CCCCCC1. The van der Waals surface area contributed by atoms with E-state index in [2.05, 4.69) is 17.9 Å². The first-order chi connectivity index (χ1) is 7.86. The quantitative estimate of drug-likeness (QED) is 0.773. The van der Waals surface area contributed by atoms with Crippen LogP contribution < -0.4 is 4.74 Å². The minimum atomic E-state index is 0.181. The summed E-state index contributed by atoms with van der Waals surface area (Å²) in [6.45, 7) is 4.47. The number of likely N-dealkylation sites (tertiary alicyclic amines) is 1. The van der Waals surface area contributed by atoms with Gasteiger partial charge in [-0.3, -0.25) is 4.90 Å². The van der Waals surface area contributed by atoms with Crippen LogP contribution >= 0.6 is 0 Å². The predicted molar refractivity (Wildman–Crippen MR) is 65.4 cm³/mol. The minimum absolute atomic E-state index is 0.181. The lowest BCUT2D eigenvalue weighted by Crippen LogP contribution is -2.37. The van der Waals surface area contributed by atoms with Crippen LogP contribution in [0.1, 0.15) is 32.6 Å². The Hall–Kier alpha value is -1.02. The highest BCUT2D eigenvalue weighted by molar-refractivity contribution is 5.20. The molecule has 0 aliphatic carbocycles. The summed E-state index contributed by atoms with van der Waals surface area (Å²) >= 11 is 0. The number of ether oxygens (including phenoxy) is 1. The monoisotopic (exact) mass is 218 g/mol. The average Bonchev–Trinajstić information content (AvgIpc) is 2.59. The van der Waals surface area contributed by atoms with Gasteiger partial charge in [0, 0.05) is 13.1 Å². The number of benzene rings is 1. The largest absolute Gasteiger partial charge is 0.475 e. The van der Waals surface area contributed by atoms with E-state index in [1.54, 1.807) is 0 Å². The second-order valence-corrected chi connectivity index (χ2v) is 4.40. The van der Waals surface area contributed by atoms with Gasteiger partial charge >= 0.3 is 0 Å². The van der Waals surface area contributed by atoms with Gasteiger partial charge in [0.15, 0.2) is 0 Å². The first-order valence-corrected chi connectivity index (χ1v) is 6.23. The van der Waals surface area contributed by atoms with Gasteiger partial charge in [-0.15, -0.1) is 0 Å². The summed E-state index contributed by atoms with van der Waals surface area (Å²) in [5.41, 5.74) is 0. The summed E-state index contributed by atoms with van der Waals surface area (Å²) in [7, 11) is 0. The molecule has 0 N–H and O–H groups in total. The van der Waals surface area contributed by atoms with Crippen molar-refractivity contribution >= 4 is 0 Å². The van der Waals surface area contributed by atoms with Crippen LogP contribution in [0.2, 0.25) is 0 Å². The second kappa shape index (κ2) is 5.90. The smallest absolute Gasteiger partial charge is 0.149 e. The average molecular weight is 218 g/mol. The summed E-state index contributed by atoms with van der Waals surface area (Å²) < 4.78 is 5.92. The standard InChI is InChI=1S/C14H20NO/c1-13(15-11-7-2-3-8-12-15)16-14-9-5-4-6-10-14/h5-6,9-10,13H,2-3,7-8,11-12H2,1H3/t13-/m1/s1. The summed E-state index contributed by atoms with van der Waals surface area (Å²) in [5.74, 6) is 0.940. The molecular formula is C14H20NO. The fourth-order valence-corrected chi connectivity index (χ4v) is 2.18. The van der Waals surface area contributed by atoms with Crippen molar-refractivity contribution in [2.24, 2.45) is 0 Å². The van der Waals surface area contributed by atoms with Crippen LogP contribution in [0.4, 0.5) is 0 Å². The Morgan fingerprint density at radius 2 is 1.75 bits per heavy atom. The molecule has 0 unspecified atom stereocenters. The van der Waals surface area contributed by atoms with E-state index in [1.807, 2.05) is 24.3 Å². The van der Waals surface area contributed by atoms with Gasteiger partial charge in [-0.1, -0.05) is 25.0 Å². The molecule has 2 heteroatoms. The van der Waals surface area contributed by atoms with E-state index in [9.17, 15) is 0 Å². The van der Waals surface area contributed by atoms with Crippen molar-refractivity contribution in [2.45, 2.75) is 38.8 Å². The van der Waals surface area contributed by atoms with Gasteiger partial charge in [-0.05, 0) is 38.0 Å². The van der Waals surface area contributed by atoms with Crippen LogP contribution in [0.3, 0.4) is 0 Å². The molecule has 1 aliphatic rings. The summed E-state index contributed by atoms with van der Waals surface area (Å²) in [4.78, 5) is 2.43. The Kier molecular flexibility index (Phi) is 4.23. The maximum absolute atomic E-state index is 5.92. The first-order valence-electron chi connectivity index (χ1n) is 6.23. The number of hydrogen-bond acceptors (Lipinski definition) is 2. The molecule has 0 bridgehead atoms. The normalized spacial score (nSPS) is 20.1. The topological polar surface area (TPSA) is 12.5 Å². The van der Waals surface area contributed by atoms with E-state index < -0.39 is 0 Å². The Balaban J connectivity index is 1.89. The third-order valence-electron chi connectivity index (χ3n) is 3.15. The zero-order valence-electron chi connectivity index (χ0n) is 9.98. The Labute approximate surface area is 98.2 Å². The van der Waals surface area contributed by atoms with E-state index >= 15 is 0 Å². The van der Waals surface area contributed by atoms with Crippen LogP contribution in [0.15, 0.2) is 24.3 Å². The van der Waals surface area contributed by atoms with E-state index in [1.165, 1.54) is 38.8 Å². The first kappa shape index (κ1) is 11.5. The summed E-state index contributed by atoms with van der Waals surface area (Å²) in [6, 6.07) is 10.7. The maximum Gasteiger partial charge on any atom is 0.149 e. The van der Waals surface area contributed by atoms with Crippen molar-refractivity contribution in [1.29, 1.82) is 0 Å². The molecule has 87 valence electrons. The molecule has 1 saturated heterocycles. The fraction of sp³-hybridized carbons (Fsp3) is 0.571. The molecule has 1 fully saturated rings. The fourth-order valence-electron chi connectivity index (χ4n) is 2.18. The molecule has 0 spiro atoms. The molecule has 16 heavy (non-hydrogen) atoms. The molecule has 1 aromatic rings. The third kappa shape index (κ3) is 3.24. The van der Waals surface area contributed by atoms with Crippen molar-refractivity contribution in [3.8, 4) is 5.75 Å². The molecule has 1 aliphatic heterocycles. The Bertz CT molecular complexity index is 291. The lowest BCUT2D eigenvalue weighted by atomic mass is 10.2. The van der Waals surface area contributed by atoms with Crippen LogP contribution in [0, 0.1) is 6.07 Å². The van der Waals surface area contributed by atoms with Crippen molar-refractivity contribution in [2.75, 3.05) is 13.1 Å². The number of nitrogens with zero attached hydrogens (tertiary/aromatic N) is 1. The van der Waals surface area contributed by atoms with Crippen LogP contribution in [0.5, 0.6) is 5.75 Å². The van der Waals surface area contributed by atoms with Gasteiger partial charge in [0.1, 0.15) is 12.0 Å². The second-order valence-electron chi connectivity index (χ2n) is 4.40. The zero-order chi connectivity index (χ0) is 11.2. The number of rotatable bonds is 3. The zero-order valence-corrected chi connectivity index (χ0v) is 9.98. The molecule has 2 rings (SSSR count). The third-order valence-corrected chi connectivity index (χ3v) is 3.15. The van der Waals surface area contributed by atoms with E-state index in [-0.39, 0.29) is 6.23 Å². The van der Waals surface area contributed by atoms with Gasteiger partial charge in [0.05, 0.1) is 0 Å². The minimum Gasteiger partial charge on any atom is -0.475 e. The summed E-state index contributed by atoms with van der Waals surface area (Å²) in [5, 5.41) is 0. The molecule has 0 saturated carbocycles. The van der Waals surface area contributed by atoms with Gasteiger partial charge in [-0.2, -0.15) is 0 Å². The molecule has 0 aromatic heterocycles. The van der Waals surface area contributed by atoms with Gasteiger partial charge < -0.3 is 4.74 Å². The molecule has 1 radical (unpaired) electrons. The van der Waals surface area contributed by atoms with Crippen molar-refractivity contribution < 1.29 is 4.74 Å². The molecule has 1 atom stereocenters. The van der Waals surface area contributed by atoms with Crippen LogP contribution in [-0.2, 0) is 0 Å². The van der Waals surface area contributed by atoms with E-state index in [0.29, 0.717) is 0 Å². The molecule has 1 aromatic carbocycles. The molecule has 2 nitrogen and oxygen atoms in total. The lowest BCUT2D eigenvalue weighted by Gasteiger charge is -2.27. The van der Waals surface area contributed by atoms with Gasteiger partial charge in [-0.25, -0.2) is 0 Å². The van der Waals surface area contributed by atoms with Gasteiger partial charge in [0.25, 0.3) is 0 Å². The van der Waals surface area contributed by atoms with Crippen LogP contribution in [-0.4, -0.2) is 24.2 Å².